The van der Waals surface area contributed by atoms with Gasteiger partial charge in [-0.1, -0.05) is 11.6 Å². The third-order valence-electron chi connectivity index (χ3n) is 4.10. The van der Waals surface area contributed by atoms with E-state index in [1.54, 1.807) is 0 Å². The van der Waals surface area contributed by atoms with Crippen molar-refractivity contribution in [2.75, 3.05) is 12.3 Å². The molecule has 2 heterocycles. The summed E-state index contributed by atoms with van der Waals surface area (Å²) in [6.45, 7) is 0.464. The second-order valence-corrected chi connectivity index (χ2v) is 7.72. The zero-order valence-electron chi connectivity index (χ0n) is 11.4. The summed E-state index contributed by atoms with van der Waals surface area (Å²) in [6.07, 6.45) is 4.04. The summed E-state index contributed by atoms with van der Waals surface area (Å²) in [4.78, 5) is 14.0. The predicted octanol–water partition coefficient (Wildman–Crippen LogP) is 0.0812. The number of rotatable bonds is 2. The fourth-order valence-electron chi connectivity index (χ4n) is 2.99. The Morgan fingerprint density at radius 1 is 1.20 bits per heavy atom. The molecular formula is C12H21N3O4S. The number of amides is 1. The van der Waals surface area contributed by atoms with Crippen molar-refractivity contribution >= 4 is 21.6 Å². The van der Waals surface area contributed by atoms with Crippen molar-refractivity contribution < 1.29 is 18.4 Å². The van der Waals surface area contributed by atoms with Gasteiger partial charge in [0.05, 0.1) is 11.8 Å². The zero-order valence-corrected chi connectivity index (χ0v) is 12.2. The average Bonchev–Trinajstić information content (AvgIpc) is 2.45. The van der Waals surface area contributed by atoms with Crippen molar-refractivity contribution in [1.82, 2.24) is 4.90 Å². The largest absolute Gasteiger partial charge is 0.409 e. The van der Waals surface area contributed by atoms with Crippen LogP contribution in [0.1, 0.15) is 38.5 Å². The van der Waals surface area contributed by atoms with E-state index in [0.717, 1.165) is 19.3 Å². The molecule has 8 heteroatoms. The molecule has 2 aliphatic heterocycles. The van der Waals surface area contributed by atoms with Crippen LogP contribution in [0.5, 0.6) is 0 Å². The maximum Gasteiger partial charge on any atom is 0.241 e. The van der Waals surface area contributed by atoms with Gasteiger partial charge >= 0.3 is 0 Å². The van der Waals surface area contributed by atoms with Crippen LogP contribution in [0.4, 0.5) is 0 Å². The van der Waals surface area contributed by atoms with Crippen LogP contribution in [0.25, 0.3) is 0 Å². The number of hydrogen-bond acceptors (Lipinski definition) is 5. The van der Waals surface area contributed by atoms with E-state index in [1.807, 2.05) is 0 Å². The van der Waals surface area contributed by atoms with Gasteiger partial charge in [-0.15, -0.1) is 0 Å². The Bertz CT molecular complexity index is 503. The van der Waals surface area contributed by atoms with Crippen molar-refractivity contribution in [1.29, 1.82) is 0 Å². The van der Waals surface area contributed by atoms with Gasteiger partial charge in [-0.25, -0.2) is 8.42 Å². The molecule has 0 aromatic carbocycles. The number of likely N-dealkylation sites (tertiary alicyclic amines) is 1. The molecular weight excluding hydrogens is 282 g/mol. The van der Waals surface area contributed by atoms with Crippen molar-refractivity contribution in [3.05, 3.63) is 0 Å². The number of carbonyl (C=O) groups excluding carboxylic acids is 1. The lowest BCUT2D eigenvalue weighted by Crippen LogP contribution is -2.55. The second kappa shape index (κ2) is 5.99. The Labute approximate surface area is 118 Å². The van der Waals surface area contributed by atoms with Gasteiger partial charge in [0.15, 0.2) is 15.7 Å². The normalized spacial score (nSPS) is 31.0. The third kappa shape index (κ3) is 2.89. The van der Waals surface area contributed by atoms with E-state index >= 15 is 0 Å². The van der Waals surface area contributed by atoms with Crippen LogP contribution < -0.4 is 5.73 Å². The van der Waals surface area contributed by atoms with Crippen LogP contribution in [-0.2, 0) is 14.6 Å². The Balaban J connectivity index is 2.21. The van der Waals surface area contributed by atoms with Gasteiger partial charge in [0.2, 0.25) is 5.91 Å². The Morgan fingerprint density at radius 2 is 1.90 bits per heavy atom. The smallest absolute Gasteiger partial charge is 0.241 e. The fraction of sp³-hybridized carbons (Fsp3) is 0.833. The molecule has 7 nitrogen and oxygen atoms in total. The van der Waals surface area contributed by atoms with E-state index in [4.69, 9.17) is 10.9 Å². The first-order valence-corrected chi connectivity index (χ1v) is 8.68. The highest BCUT2D eigenvalue weighted by molar-refractivity contribution is 7.92. The molecule has 2 aliphatic rings. The first-order valence-electron chi connectivity index (χ1n) is 6.97. The molecule has 2 saturated heterocycles. The number of oxime groups is 1. The molecule has 0 spiro atoms. The standard InChI is InChI=1S/C12H21N3O4S/c13-11(14-17)9-5-1-3-7-15(9)12(16)10-6-2-4-8-20(10,18)19/h9-10,17H,1-8H2,(H2,13,14). The molecule has 2 fully saturated rings. The lowest BCUT2D eigenvalue weighted by atomic mass is 10.00. The molecule has 20 heavy (non-hydrogen) atoms. The minimum absolute atomic E-state index is 0.0220. The van der Waals surface area contributed by atoms with Gasteiger partial charge in [-0.05, 0) is 32.1 Å². The minimum Gasteiger partial charge on any atom is -0.409 e. The molecule has 0 aromatic heterocycles. The van der Waals surface area contributed by atoms with Gasteiger partial charge in [0.1, 0.15) is 5.25 Å². The van der Waals surface area contributed by atoms with Gasteiger partial charge in [-0.2, -0.15) is 0 Å². The summed E-state index contributed by atoms with van der Waals surface area (Å²) < 4.78 is 24.1. The summed E-state index contributed by atoms with van der Waals surface area (Å²) in [6, 6.07) is -0.488. The lowest BCUT2D eigenvalue weighted by Gasteiger charge is -2.37. The molecule has 114 valence electrons. The molecule has 0 saturated carbocycles. The fourth-order valence-corrected chi connectivity index (χ4v) is 4.85. The van der Waals surface area contributed by atoms with E-state index in [0.29, 0.717) is 25.8 Å². The number of amidine groups is 1. The number of piperidine rings is 1. The number of sulfone groups is 1. The number of carbonyl (C=O) groups is 1. The van der Waals surface area contributed by atoms with Crippen molar-refractivity contribution in [3.8, 4) is 0 Å². The number of hydrogen-bond donors (Lipinski definition) is 2. The van der Waals surface area contributed by atoms with E-state index in [-0.39, 0.29) is 17.5 Å². The first-order chi connectivity index (χ1) is 9.47. The summed E-state index contributed by atoms with van der Waals surface area (Å²) in [5, 5.41) is 10.8. The molecule has 0 aromatic rings. The van der Waals surface area contributed by atoms with Crippen LogP contribution in [0.15, 0.2) is 5.16 Å². The zero-order chi connectivity index (χ0) is 14.8. The second-order valence-electron chi connectivity index (χ2n) is 5.42. The summed E-state index contributed by atoms with van der Waals surface area (Å²) >= 11 is 0. The van der Waals surface area contributed by atoms with E-state index < -0.39 is 21.1 Å². The number of nitrogens with zero attached hydrogens (tertiary/aromatic N) is 2. The van der Waals surface area contributed by atoms with E-state index in [1.165, 1.54) is 4.90 Å². The lowest BCUT2D eigenvalue weighted by molar-refractivity contribution is -0.133. The monoisotopic (exact) mass is 303 g/mol. The topological polar surface area (TPSA) is 113 Å². The van der Waals surface area contributed by atoms with Crippen molar-refractivity contribution in [2.45, 2.75) is 49.8 Å². The maximum atomic E-state index is 12.6. The van der Waals surface area contributed by atoms with Crippen LogP contribution in [0, 0.1) is 0 Å². The molecule has 2 atom stereocenters. The highest BCUT2D eigenvalue weighted by atomic mass is 32.2. The van der Waals surface area contributed by atoms with Crippen LogP contribution in [0.3, 0.4) is 0 Å². The van der Waals surface area contributed by atoms with E-state index in [2.05, 4.69) is 5.16 Å². The summed E-state index contributed by atoms with van der Waals surface area (Å²) in [5.74, 6) is -0.335. The van der Waals surface area contributed by atoms with Gasteiger partial charge in [0.25, 0.3) is 0 Å². The van der Waals surface area contributed by atoms with Crippen LogP contribution >= 0.6 is 0 Å². The molecule has 0 radical (unpaired) electrons. The molecule has 2 unspecified atom stereocenters. The highest BCUT2D eigenvalue weighted by Crippen LogP contribution is 2.25. The average molecular weight is 303 g/mol. The maximum absolute atomic E-state index is 12.6. The van der Waals surface area contributed by atoms with Crippen LogP contribution in [0.2, 0.25) is 0 Å². The quantitative estimate of drug-likeness (QED) is 0.325. The Kier molecular flexibility index (Phi) is 4.52. The van der Waals surface area contributed by atoms with E-state index in [9.17, 15) is 13.2 Å². The molecule has 1 amide bonds. The Hall–Kier alpha value is -1.31. The third-order valence-corrected chi connectivity index (χ3v) is 6.26. The predicted molar refractivity (Wildman–Crippen MR) is 74.2 cm³/mol. The number of nitrogens with two attached hydrogens (primary N) is 1. The summed E-state index contributed by atoms with van der Waals surface area (Å²) in [5.41, 5.74) is 5.63. The summed E-state index contributed by atoms with van der Waals surface area (Å²) in [7, 11) is -3.36. The molecule has 3 N–H and O–H groups in total. The molecule has 0 bridgehead atoms. The molecule has 2 rings (SSSR count). The van der Waals surface area contributed by atoms with Gasteiger partial charge in [-0.3, -0.25) is 4.79 Å². The van der Waals surface area contributed by atoms with Crippen molar-refractivity contribution in [3.63, 3.8) is 0 Å². The van der Waals surface area contributed by atoms with Gasteiger partial charge < -0.3 is 15.8 Å². The van der Waals surface area contributed by atoms with Crippen LogP contribution in [-0.4, -0.2) is 53.9 Å². The van der Waals surface area contributed by atoms with Crippen molar-refractivity contribution in [2.24, 2.45) is 10.9 Å². The Morgan fingerprint density at radius 3 is 2.55 bits per heavy atom. The highest BCUT2D eigenvalue weighted by Gasteiger charge is 2.40. The van der Waals surface area contributed by atoms with Gasteiger partial charge in [0, 0.05) is 6.54 Å². The molecule has 0 aliphatic carbocycles. The minimum atomic E-state index is -3.36. The SMILES string of the molecule is NC(=NO)C1CCCCN1C(=O)C1CCCCS1(=O)=O. The first kappa shape index (κ1) is 15.1.